The summed E-state index contributed by atoms with van der Waals surface area (Å²) in [6, 6.07) is 0.359. The van der Waals surface area contributed by atoms with Crippen LogP contribution in [0.4, 0.5) is 4.79 Å². The number of carbonyl (C=O) groups is 2. The first-order valence-electron chi connectivity index (χ1n) is 8.90. The van der Waals surface area contributed by atoms with Crippen molar-refractivity contribution in [2.24, 2.45) is 0 Å². The highest BCUT2D eigenvalue weighted by molar-refractivity contribution is 5.85. The van der Waals surface area contributed by atoms with Gasteiger partial charge in [-0.25, -0.2) is 4.79 Å². The highest BCUT2D eigenvalue weighted by Gasteiger charge is 2.30. The molecule has 3 fully saturated rings. The first kappa shape index (κ1) is 19.3. The molecule has 7 nitrogen and oxygen atoms in total. The molecule has 138 valence electrons. The third kappa shape index (κ3) is 4.97. The first-order chi connectivity index (χ1) is 11.2. The number of nitrogens with zero attached hydrogens (tertiary/aromatic N) is 2. The number of hydrogen-bond acceptors (Lipinski definition) is 4. The summed E-state index contributed by atoms with van der Waals surface area (Å²) in [4.78, 5) is 28.4. The Morgan fingerprint density at radius 1 is 1.00 bits per heavy atom. The molecule has 1 aliphatic carbocycles. The van der Waals surface area contributed by atoms with Crippen LogP contribution in [-0.4, -0.2) is 79.8 Å². The summed E-state index contributed by atoms with van der Waals surface area (Å²) >= 11 is 0. The van der Waals surface area contributed by atoms with E-state index in [2.05, 4.69) is 10.6 Å². The molecule has 0 spiro atoms. The first-order valence-corrected chi connectivity index (χ1v) is 8.90. The quantitative estimate of drug-likeness (QED) is 0.755. The zero-order chi connectivity index (χ0) is 16.1. The van der Waals surface area contributed by atoms with Crippen molar-refractivity contribution in [1.82, 2.24) is 20.4 Å². The second kappa shape index (κ2) is 9.44. The number of nitrogens with one attached hydrogen (secondary N) is 2. The number of hydrogen-bond donors (Lipinski definition) is 2. The fourth-order valence-corrected chi connectivity index (χ4v) is 3.57. The van der Waals surface area contributed by atoms with Crippen LogP contribution < -0.4 is 10.6 Å². The number of piperazine rings is 1. The van der Waals surface area contributed by atoms with Gasteiger partial charge in [0.25, 0.3) is 5.91 Å². The minimum Gasteiger partial charge on any atom is -0.366 e. The van der Waals surface area contributed by atoms with Gasteiger partial charge < -0.3 is 25.2 Å². The average Bonchev–Trinajstić information content (AvgIpc) is 2.63. The lowest BCUT2D eigenvalue weighted by Crippen LogP contribution is -2.57. The molecule has 0 aromatic carbocycles. The van der Waals surface area contributed by atoms with Gasteiger partial charge in [0.2, 0.25) is 0 Å². The molecule has 0 radical (unpaired) electrons. The number of amides is 3. The monoisotopic (exact) mass is 360 g/mol. The Hall–Kier alpha value is -1.05. The van der Waals surface area contributed by atoms with Crippen molar-refractivity contribution in [3.63, 3.8) is 0 Å². The van der Waals surface area contributed by atoms with Crippen LogP contribution in [0.1, 0.15) is 32.1 Å². The zero-order valence-electron chi connectivity index (χ0n) is 14.2. The Bertz CT molecular complexity index is 418. The maximum absolute atomic E-state index is 12.4. The maximum Gasteiger partial charge on any atom is 0.317 e. The summed E-state index contributed by atoms with van der Waals surface area (Å²) in [5, 5.41) is 6.33. The molecule has 2 N–H and O–H groups in total. The van der Waals surface area contributed by atoms with E-state index in [0.717, 1.165) is 19.4 Å². The number of urea groups is 1. The van der Waals surface area contributed by atoms with Crippen molar-refractivity contribution in [2.45, 2.75) is 44.2 Å². The van der Waals surface area contributed by atoms with E-state index >= 15 is 0 Å². The third-order valence-electron chi connectivity index (χ3n) is 5.01. The number of morpholine rings is 1. The van der Waals surface area contributed by atoms with Crippen molar-refractivity contribution >= 4 is 24.3 Å². The van der Waals surface area contributed by atoms with E-state index in [9.17, 15) is 9.59 Å². The third-order valence-corrected chi connectivity index (χ3v) is 5.01. The largest absolute Gasteiger partial charge is 0.366 e. The predicted molar refractivity (Wildman–Crippen MR) is 93.4 cm³/mol. The van der Waals surface area contributed by atoms with Crippen LogP contribution in [0.5, 0.6) is 0 Å². The molecule has 8 heteroatoms. The van der Waals surface area contributed by atoms with Crippen LogP contribution in [0.15, 0.2) is 0 Å². The fraction of sp³-hybridized carbons (Fsp3) is 0.875. The summed E-state index contributed by atoms with van der Waals surface area (Å²) in [5.74, 6) is 0.0459. The summed E-state index contributed by atoms with van der Waals surface area (Å²) in [7, 11) is 0. The predicted octanol–water partition coefficient (Wildman–Crippen LogP) is 0.583. The van der Waals surface area contributed by atoms with E-state index in [1.807, 2.05) is 9.80 Å². The van der Waals surface area contributed by atoms with Crippen molar-refractivity contribution in [3.05, 3.63) is 0 Å². The van der Waals surface area contributed by atoms with Gasteiger partial charge in [0, 0.05) is 45.3 Å². The molecule has 1 saturated carbocycles. The Balaban J connectivity index is 0.00000208. The van der Waals surface area contributed by atoms with Gasteiger partial charge in [-0.3, -0.25) is 4.79 Å². The van der Waals surface area contributed by atoms with Crippen molar-refractivity contribution < 1.29 is 14.3 Å². The van der Waals surface area contributed by atoms with Gasteiger partial charge in [0.15, 0.2) is 0 Å². The van der Waals surface area contributed by atoms with Crippen LogP contribution in [0, 0.1) is 0 Å². The second-order valence-electron chi connectivity index (χ2n) is 6.66. The standard InChI is InChI=1S/C16H28N4O3.ClH/c21-15(14-12-17-6-11-23-14)19-7-9-20(10-8-19)16(22)18-13-4-2-1-3-5-13;/h13-14,17H,1-12H2,(H,18,22);1H. The molecule has 0 aromatic rings. The molecule has 3 amide bonds. The average molecular weight is 361 g/mol. The molecule has 2 saturated heterocycles. The summed E-state index contributed by atoms with van der Waals surface area (Å²) in [6.07, 6.45) is 5.52. The molecular weight excluding hydrogens is 332 g/mol. The summed E-state index contributed by atoms with van der Waals surface area (Å²) < 4.78 is 5.52. The van der Waals surface area contributed by atoms with Crippen LogP contribution in [0.3, 0.4) is 0 Å². The number of ether oxygens (including phenoxy) is 1. The molecule has 0 bridgehead atoms. The molecule has 1 unspecified atom stereocenters. The fourth-order valence-electron chi connectivity index (χ4n) is 3.57. The lowest BCUT2D eigenvalue weighted by molar-refractivity contribution is -0.146. The SMILES string of the molecule is Cl.O=C(NC1CCCCC1)N1CCN(C(=O)C2CNCCO2)CC1. The van der Waals surface area contributed by atoms with E-state index in [0.29, 0.717) is 45.4 Å². The second-order valence-corrected chi connectivity index (χ2v) is 6.66. The van der Waals surface area contributed by atoms with Gasteiger partial charge >= 0.3 is 6.03 Å². The molecule has 3 aliphatic rings. The van der Waals surface area contributed by atoms with Crippen molar-refractivity contribution in [3.8, 4) is 0 Å². The number of rotatable bonds is 2. The maximum atomic E-state index is 12.4. The molecule has 1 atom stereocenters. The molecule has 24 heavy (non-hydrogen) atoms. The minimum atomic E-state index is -0.369. The van der Waals surface area contributed by atoms with Gasteiger partial charge in [-0.2, -0.15) is 0 Å². The van der Waals surface area contributed by atoms with E-state index in [-0.39, 0.29) is 30.4 Å². The van der Waals surface area contributed by atoms with Crippen LogP contribution in [-0.2, 0) is 9.53 Å². The molecule has 2 heterocycles. The smallest absolute Gasteiger partial charge is 0.317 e. The Morgan fingerprint density at radius 3 is 2.29 bits per heavy atom. The molecular formula is C16H29ClN4O3. The molecule has 3 rings (SSSR count). The van der Waals surface area contributed by atoms with Gasteiger partial charge in [-0.15, -0.1) is 12.4 Å². The van der Waals surface area contributed by atoms with Crippen LogP contribution >= 0.6 is 12.4 Å². The molecule has 0 aromatic heterocycles. The Morgan fingerprint density at radius 2 is 1.67 bits per heavy atom. The summed E-state index contributed by atoms with van der Waals surface area (Å²) in [6.45, 7) is 4.36. The highest BCUT2D eigenvalue weighted by Crippen LogP contribution is 2.18. The number of carbonyl (C=O) groups excluding carboxylic acids is 2. The summed E-state index contributed by atoms with van der Waals surface area (Å²) in [5.41, 5.74) is 0. The van der Waals surface area contributed by atoms with E-state index < -0.39 is 0 Å². The highest BCUT2D eigenvalue weighted by atomic mass is 35.5. The topological polar surface area (TPSA) is 73.9 Å². The minimum absolute atomic E-state index is 0. The lowest BCUT2D eigenvalue weighted by atomic mass is 9.96. The van der Waals surface area contributed by atoms with Gasteiger partial charge in [0.05, 0.1) is 6.61 Å². The van der Waals surface area contributed by atoms with Crippen LogP contribution in [0.25, 0.3) is 0 Å². The number of halogens is 1. The van der Waals surface area contributed by atoms with Crippen molar-refractivity contribution in [2.75, 3.05) is 45.9 Å². The lowest BCUT2D eigenvalue weighted by Gasteiger charge is -2.37. The zero-order valence-corrected chi connectivity index (χ0v) is 15.0. The normalized spacial score (nSPS) is 25.8. The van der Waals surface area contributed by atoms with Gasteiger partial charge in [-0.05, 0) is 12.8 Å². The van der Waals surface area contributed by atoms with Crippen molar-refractivity contribution in [1.29, 1.82) is 0 Å². The van der Waals surface area contributed by atoms with Crippen LogP contribution in [0.2, 0.25) is 0 Å². The van der Waals surface area contributed by atoms with E-state index in [1.165, 1.54) is 19.3 Å². The molecule has 2 aliphatic heterocycles. The van der Waals surface area contributed by atoms with E-state index in [1.54, 1.807) is 0 Å². The van der Waals surface area contributed by atoms with Gasteiger partial charge in [-0.1, -0.05) is 19.3 Å². The van der Waals surface area contributed by atoms with E-state index in [4.69, 9.17) is 4.74 Å². The Kier molecular flexibility index (Phi) is 7.58. The van der Waals surface area contributed by atoms with Gasteiger partial charge in [0.1, 0.15) is 6.10 Å². The Labute approximate surface area is 149 Å².